The van der Waals surface area contributed by atoms with Crippen LogP contribution in [0.4, 0.5) is 5.69 Å². The molecule has 0 aliphatic heterocycles. The van der Waals surface area contributed by atoms with Gasteiger partial charge in [-0.3, -0.25) is 0 Å². The van der Waals surface area contributed by atoms with Crippen molar-refractivity contribution in [1.82, 2.24) is 0 Å². The quantitative estimate of drug-likeness (QED) is 0.442. The second-order valence-corrected chi connectivity index (χ2v) is 7.24. The van der Waals surface area contributed by atoms with E-state index in [0.717, 1.165) is 11.1 Å². The Morgan fingerprint density at radius 2 is 1.57 bits per heavy atom. The number of anilines is 1. The molecular weight excluding hydrogens is 421 g/mol. The maximum atomic E-state index is 11.1. The summed E-state index contributed by atoms with van der Waals surface area (Å²) in [5.41, 5.74) is 2.47. The van der Waals surface area contributed by atoms with E-state index in [9.17, 15) is 4.79 Å². The smallest absolute Gasteiger partial charge is 0.335 e. The normalized spacial score (nSPS) is 10.5. The highest BCUT2D eigenvalue weighted by atomic mass is 35.5. The van der Waals surface area contributed by atoms with Crippen molar-refractivity contribution in [1.29, 1.82) is 0 Å². The summed E-state index contributed by atoms with van der Waals surface area (Å²) in [7, 11) is 0. The van der Waals surface area contributed by atoms with Gasteiger partial charge < -0.3 is 15.2 Å². The van der Waals surface area contributed by atoms with Crippen LogP contribution in [0.5, 0.6) is 5.75 Å². The van der Waals surface area contributed by atoms with Gasteiger partial charge in [-0.2, -0.15) is 0 Å². The second kappa shape index (κ2) is 9.20. The van der Waals surface area contributed by atoms with Crippen molar-refractivity contribution in [3.05, 3.63) is 92.4 Å². The van der Waals surface area contributed by atoms with Crippen LogP contribution in [0.15, 0.2) is 60.7 Å². The minimum Gasteiger partial charge on any atom is -0.486 e. The molecule has 0 atom stereocenters. The number of rotatable bonds is 7. The summed E-state index contributed by atoms with van der Waals surface area (Å²) in [5.74, 6) is -0.604. The molecule has 3 rings (SSSR count). The molecule has 0 saturated carbocycles. The lowest BCUT2D eigenvalue weighted by molar-refractivity contribution is 0.0697. The summed E-state index contributed by atoms with van der Waals surface area (Å²) in [4.78, 5) is 11.1. The number of carboxylic acid groups (broad SMARTS) is 1. The zero-order chi connectivity index (χ0) is 20.1. The van der Waals surface area contributed by atoms with Crippen molar-refractivity contribution in [3.8, 4) is 5.75 Å². The lowest BCUT2D eigenvalue weighted by Gasteiger charge is -2.13. The van der Waals surface area contributed by atoms with Gasteiger partial charge in [0.15, 0.2) is 5.75 Å². The summed E-state index contributed by atoms with van der Waals surface area (Å²) in [6.45, 7) is 0.719. The number of hydrogen-bond donors (Lipinski definition) is 2. The number of halogens is 3. The Kier molecular flexibility index (Phi) is 6.68. The molecule has 0 aliphatic rings. The van der Waals surface area contributed by atoms with E-state index in [1.54, 1.807) is 12.1 Å². The van der Waals surface area contributed by atoms with Crippen molar-refractivity contribution in [2.45, 2.75) is 13.2 Å². The Labute approximate surface area is 177 Å². The molecule has 28 heavy (non-hydrogen) atoms. The number of carbonyl (C=O) groups is 1. The predicted molar refractivity (Wildman–Crippen MR) is 113 cm³/mol. The number of carboxylic acids is 1. The van der Waals surface area contributed by atoms with Crippen LogP contribution >= 0.6 is 34.8 Å². The fourth-order valence-electron chi connectivity index (χ4n) is 2.57. The highest BCUT2D eigenvalue weighted by molar-refractivity contribution is 6.37. The average molecular weight is 437 g/mol. The third-order valence-corrected chi connectivity index (χ3v) is 4.87. The van der Waals surface area contributed by atoms with E-state index in [1.807, 2.05) is 30.3 Å². The molecule has 0 unspecified atom stereocenters. The van der Waals surface area contributed by atoms with E-state index < -0.39 is 5.97 Å². The molecule has 0 aliphatic carbocycles. The van der Waals surface area contributed by atoms with Crippen molar-refractivity contribution >= 4 is 46.5 Å². The highest BCUT2D eigenvalue weighted by Crippen LogP contribution is 2.35. The molecule has 3 aromatic rings. The Bertz CT molecular complexity index is 970. The molecule has 0 spiro atoms. The monoisotopic (exact) mass is 435 g/mol. The molecule has 4 nitrogen and oxygen atoms in total. The van der Waals surface area contributed by atoms with Gasteiger partial charge in [-0.25, -0.2) is 4.79 Å². The summed E-state index contributed by atoms with van der Waals surface area (Å²) in [6, 6.07) is 17.7. The number of benzene rings is 3. The molecule has 7 heteroatoms. The van der Waals surface area contributed by atoms with Crippen molar-refractivity contribution in [2.75, 3.05) is 5.32 Å². The van der Waals surface area contributed by atoms with E-state index in [0.29, 0.717) is 39.7 Å². The molecule has 3 aromatic carbocycles. The van der Waals surface area contributed by atoms with Gasteiger partial charge in [-0.05, 0) is 41.5 Å². The fourth-order valence-corrected chi connectivity index (χ4v) is 3.40. The number of nitrogens with one attached hydrogen (secondary N) is 1. The summed E-state index contributed by atoms with van der Waals surface area (Å²) >= 11 is 18.8. The SMILES string of the molecule is O=C(O)c1ccc(Cl)c(NCc2cc(Cl)c(OCc3ccccc3)c(Cl)c2)c1. The highest BCUT2D eigenvalue weighted by Gasteiger charge is 2.12. The lowest BCUT2D eigenvalue weighted by Crippen LogP contribution is -2.03. The summed E-state index contributed by atoms with van der Waals surface area (Å²) < 4.78 is 5.76. The molecule has 0 heterocycles. The van der Waals surface area contributed by atoms with Gasteiger partial charge in [0.25, 0.3) is 0 Å². The topological polar surface area (TPSA) is 58.6 Å². The van der Waals surface area contributed by atoms with Crippen LogP contribution in [0.2, 0.25) is 15.1 Å². The molecule has 0 saturated heterocycles. The minimum atomic E-state index is -1.02. The number of ether oxygens (including phenoxy) is 1. The maximum absolute atomic E-state index is 11.1. The first-order valence-corrected chi connectivity index (χ1v) is 9.49. The van der Waals surface area contributed by atoms with Gasteiger partial charge >= 0.3 is 5.97 Å². The Balaban J connectivity index is 1.70. The number of aromatic carboxylic acids is 1. The van der Waals surface area contributed by atoms with E-state index >= 15 is 0 Å². The zero-order valence-electron chi connectivity index (χ0n) is 14.6. The molecule has 0 bridgehead atoms. The average Bonchev–Trinajstić information content (AvgIpc) is 2.67. The fraction of sp³-hybridized carbons (Fsp3) is 0.0952. The second-order valence-electron chi connectivity index (χ2n) is 6.02. The standard InChI is InChI=1S/C21H16Cl3NO3/c22-16-7-6-15(21(26)27)10-19(16)25-11-14-8-17(23)20(18(24)9-14)28-12-13-4-2-1-3-5-13/h1-10,25H,11-12H2,(H,26,27). The summed E-state index contributed by atoms with van der Waals surface area (Å²) in [6.07, 6.45) is 0. The van der Waals surface area contributed by atoms with E-state index in [-0.39, 0.29) is 5.56 Å². The predicted octanol–water partition coefficient (Wildman–Crippen LogP) is 6.54. The van der Waals surface area contributed by atoms with Crippen LogP contribution in [-0.4, -0.2) is 11.1 Å². The molecule has 0 radical (unpaired) electrons. The van der Waals surface area contributed by atoms with Crippen LogP contribution in [-0.2, 0) is 13.2 Å². The molecule has 0 fully saturated rings. The zero-order valence-corrected chi connectivity index (χ0v) is 16.9. The van der Waals surface area contributed by atoms with Crippen LogP contribution in [0.3, 0.4) is 0 Å². The van der Waals surface area contributed by atoms with Gasteiger partial charge in [0.05, 0.1) is 26.3 Å². The summed E-state index contributed by atoms with van der Waals surface area (Å²) in [5, 5.41) is 13.4. The van der Waals surface area contributed by atoms with Gasteiger partial charge in [0.1, 0.15) is 6.61 Å². The van der Waals surface area contributed by atoms with Crippen molar-refractivity contribution in [2.24, 2.45) is 0 Å². The third-order valence-electron chi connectivity index (χ3n) is 3.98. The molecule has 0 aromatic heterocycles. The van der Waals surface area contributed by atoms with E-state index in [2.05, 4.69) is 5.32 Å². The van der Waals surface area contributed by atoms with Gasteiger partial charge in [0, 0.05) is 6.54 Å². The lowest BCUT2D eigenvalue weighted by atomic mass is 10.1. The van der Waals surface area contributed by atoms with Crippen LogP contribution in [0.1, 0.15) is 21.5 Å². The van der Waals surface area contributed by atoms with Crippen LogP contribution in [0.25, 0.3) is 0 Å². The first-order valence-electron chi connectivity index (χ1n) is 8.35. The van der Waals surface area contributed by atoms with Gasteiger partial charge in [0.2, 0.25) is 0 Å². The van der Waals surface area contributed by atoms with Crippen LogP contribution < -0.4 is 10.1 Å². The minimum absolute atomic E-state index is 0.146. The first-order chi connectivity index (χ1) is 13.4. The van der Waals surface area contributed by atoms with Gasteiger partial charge in [-0.15, -0.1) is 0 Å². The first kappa shape index (κ1) is 20.3. The largest absolute Gasteiger partial charge is 0.486 e. The van der Waals surface area contributed by atoms with E-state index in [4.69, 9.17) is 44.6 Å². The van der Waals surface area contributed by atoms with Crippen LogP contribution in [0, 0.1) is 0 Å². The maximum Gasteiger partial charge on any atom is 0.335 e. The molecule has 0 amide bonds. The Morgan fingerprint density at radius 3 is 2.21 bits per heavy atom. The third kappa shape index (κ3) is 5.10. The van der Waals surface area contributed by atoms with Crippen molar-refractivity contribution in [3.63, 3.8) is 0 Å². The molecular formula is C21H16Cl3NO3. The van der Waals surface area contributed by atoms with Gasteiger partial charge in [-0.1, -0.05) is 65.1 Å². The molecule has 2 N–H and O–H groups in total. The Morgan fingerprint density at radius 1 is 0.893 bits per heavy atom. The van der Waals surface area contributed by atoms with Crippen molar-refractivity contribution < 1.29 is 14.6 Å². The Hall–Kier alpha value is -2.40. The molecule has 144 valence electrons. The number of hydrogen-bond acceptors (Lipinski definition) is 3. The van der Waals surface area contributed by atoms with E-state index in [1.165, 1.54) is 18.2 Å².